The minimum atomic E-state index is 0.401. The van der Waals surface area contributed by atoms with Crippen molar-refractivity contribution in [3.05, 3.63) is 17.8 Å². The molecule has 1 saturated carbocycles. The lowest BCUT2D eigenvalue weighted by Gasteiger charge is -2.39. The first-order chi connectivity index (χ1) is 8.12. The Morgan fingerprint density at radius 2 is 2.29 bits per heavy atom. The molecule has 1 aliphatic rings. The van der Waals surface area contributed by atoms with Gasteiger partial charge in [0.05, 0.1) is 12.7 Å². The van der Waals surface area contributed by atoms with Gasteiger partial charge in [-0.25, -0.2) is 4.98 Å². The molecular weight excluding hydrogens is 212 g/mol. The summed E-state index contributed by atoms with van der Waals surface area (Å²) in [7, 11) is 0. The third kappa shape index (κ3) is 3.09. The highest BCUT2D eigenvalue weighted by Gasteiger charge is 2.31. The van der Waals surface area contributed by atoms with Gasteiger partial charge in [0.15, 0.2) is 0 Å². The Balaban J connectivity index is 1.88. The van der Waals surface area contributed by atoms with Crippen molar-refractivity contribution in [3.8, 4) is 0 Å². The van der Waals surface area contributed by atoms with Crippen molar-refractivity contribution >= 4 is 0 Å². The van der Waals surface area contributed by atoms with Gasteiger partial charge in [0, 0.05) is 12.5 Å². The van der Waals surface area contributed by atoms with Gasteiger partial charge in [-0.15, -0.1) is 0 Å². The summed E-state index contributed by atoms with van der Waals surface area (Å²) in [6.45, 7) is 7.56. The predicted octanol–water partition coefficient (Wildman–Crippen LogP) is 3.30. The number of hydrogen-bond donors (Lipinski definition) is 1. The summed E-state index contributed by atoms with van der Waals surface area (Å²) >= 11 is 0. The lowest BCUT2D eigenvalue weighted by molar-refractivity contribution is 0.163. The average molecular weight is 236 g/mol. The largest absolute Gasteiger partial charge is 0.444 e. The first-order valence-corrected chi connectivity index (χ1v) is 6.79. The summed E-state index contributed by atoms with van der Waals surface area (Å²) in [5.41, 5.74) is 0.401. The second kappa shape index (κ2) is 5.21. The van der Waals surface area contributed by atoms with Crippen LogP contribution < -0.4 is 5.32 Å². The fourth-order valence-corrected chi connectivity index (χ4v) is 2.68. The zero-order valence-electron chi connectivity index (χ0n) is 11.3. The molecule has 1 aliphatic carbocycles. The van der Waals surface area contributed by atoms with Crippen LogP contribution in [0.1, 0.15) is 58.1 Å². The van der Waals surface area contributed by atoms with Crippen LogP contribution in [-0.4, -0.2) is 11.0 Å². The SMILES string of the molecule is CCc1cnc(CNC2CCCCC2(C)C)o1. The van der Waals surface area contributed by atoms with Crippen LogP contribution in [0.2, 0.25) is 0 Å². The van der Waals surface area contributed by atoms with E-state index in [9.17, 15) is 0 Å². The number of oxazole rings is 1. The Morgan fingerprint density at radius 1 is 1.47 bits per heavy atom. The second-order valence-corrected chi connectivity index (χ2v) is 5.74. The van der Waals surface area contributed by atoms with Crippen LogP contribution in [0.3, 0.4) is 0 Å². The Kier molecular flexibility index (Phi) is 3.87. The zero-order valence-corrected chi connectivity index (χ0v) is 11.3. The highest BCUT2D eigenvalue weighted by atomic mass is 16.4. The molecule has 3 heteroatoms. The summed E-state index contributed by atoms with van der Waals surface area (Å²) in [5, 5.41) is 3.61. The van der Waals surface area contributed by atoms with Crippen molar-refractivity contribution in [1.29, 1.82) is 0 Å². The van der Waals surface area contributed by atoms with Crippen molar-refractivity contribution in [1.82, 2.24) is 10.3 Å². The van der Waals surface area contributed by atoms with E-state index in [0.29, 0.717) is 11.5 Å². The second-order valence-electron chi connectivity index (χ2n) is 5.74. The van der Waals surface area contributed by atoms with Gasteiger partial charge in [0.1, 0.15) is 5.76 Å². The Labute approximate surface area is 104 Å². The predicted molar refractivity (Wildman–Crippen MR) is 68.8 cm³/mol. The quantitative estimate of drug-likeness (QED) is 0.871. The molecule has 0 aromatic carbocycles. The van der Waals surface area contributed by atoms with Crippen molar-refractivity contribution in [2.24, 2.45) is 5.41 Å². The maximum absolute atomic E-state index is 5.62. The van der Waals surface area contributed by atoms with Crippen LogP contribution in [-0.2, 0) is 13.0 Å². The number of hydrogen-bond acceptors (Lipinski definition) is 3. The van der Waals surface area contributed by atoms with Gasteiger partial charge in [0.2, 0.25) is 5.89 Å². The van der Waals surface area contributed by atoms with Gasteiger partial charge in [-0.2, -0.15) is 0 Å². The normalized spacial score (nSPS) is 23.8. The molecule has 17 heavy (non-hydrogen) atoms. The smallest absolute Gasteiger partial charge is 0.208 e. The monoisotopic (exact) mass is 236 g/mol. The van der Waals surface area contributed by atoms with E-state index in [0.717, 1.165) is 24.6 Å². The molecule has 0 amide bonds. The number of nitrogens with one attached hydrogen (secondary N) is 1. The number of nitrogens with zero attached hydrogens (tertiary/aromatic N) is 1. The topological polar surface area (TPSA) is 38.1 Å². The van der Waals surface area contributed by atoms with Gasteiger partial charge in [-0.3, -0.25) is 0 Å². The molecule has 1 aromatic rings. The standard InChI is InChI=1S/C14H24N2O/c1-4-11-9-16-13(17-11)10-15-12-7-5-6-8-14(12,2)3/h9,12,15H,4-8,10H2,1-3H3. The first-order valence-electron chi connectivity index (χ1n) is 6.79. The highest BCUT2D eigenvalue weighted by molar-refractivity contribution is 4.95. The van der Waals surface area contributed by atoms with Crippen LogP contribution in [0.15, 0.2) is 10.6 Å². The van der Waals surface area contributed by atoms with Crippen molar-refractivity contribution in [2.75, 3.05) is 0 Å². The van der Waals surface area contributed by atoms with Crippen LogP contribution in [0.5, 0.6) is 0 Å². The van der Waals surface area contributed by atoms with E-state index >= 15 is 0 Å². The van der Waals surface area contributed by atoms with E-state index in [4.69, 9.17) is 4.42 Å². The van der Waals surface area contributed by atoms with Gasteiger partial charge in [-0.1, -0.05) is 33.6 Å². The van der Waals surface area contributed by atoms with Gasteiger partial charge >= 0.3 is 0 Å². The van der Waals surface area contributed by atoms with E-state index in [1.54, 1.807) is 0 Å². The fourth-order valence-electron chi connectivity index (χ4n) is 2.68. The fraction of sp³-hybridized carbons (Fsp3) is 0.786. The van der Waals surface area contributed by atoms with E-state index in [1.165, 1.54) is 25.7 Å². The molecule has 0 bridgehead atoms. The summed E-state index contributed by atoms with van der Waals surface area (Å²) in [6, 6.07) is 0.591. The van der Waals surface area contributed by atoms with Crippen LogP contribution >= 0.6 is 0 Å². The van der Waals surface area contributed by atoms with Gasteiger partial charge < -0.3 is 9.73 Å². The molecule has 0 radical (unpaired) electrons. The number of rotatable bonds is 4. The van der Waals surface area contributed by atoms with Gasteiger partial charge in [0.25, 0.3) is 0 Å². The molecule has 1 heterocycles. The van der Waals surface area contributed by atoms with Crippen molar-refractivity contribution < 1.29 is 4.42 Å². The molecule has 96 valence electrons. The van der Waals surface area contributed by atoms with E-state index < -0.39 is 0 Å². The minimum Gasteiger partial charge on any atom is -0.444 e. The molecular formula is C14H24N2O. The van der Waals surface area contributed by atoms with Crippen LogP contribution in [0.25, 0.3) is 0 Å². The Morgan fingerprint density at radius 3 is 2.94 bits per heavy atom. The van der Waals surface area contributed by atoms with Gasteiger partial charge in [-0.05, 0) is 18.3 Å². The Hall–Kier alpha value is -0.830. The summed E-state index contributed by atoms with van der Waals surface area (Å²) in [5.74, 6) is 1.80. The zero-order chi connectivity index (χ0) is 12.3. The molecule has 3 nitrogen and oxygen atoms in total. The summed E-state index contributed by atoms with van der Waals surface area (Å²) < 4.78 is 5.62. The number of aryl methyl sites for hydroxylation is 1. The van der Waals surface area contributed by atoms with E-state index in [1.807, 2.05) is 6.20 Å². The third-order valence-corrected chi connectivity index (χ3v) is 3.96. The molecule has 0 aliphatic heterocycles. The third-order valence-electron chi connectivity index (χ3n) is 3.96. The molecule has 0 spiro atoms. The highest BCUT2D eigenvalue weighted by Crippen LogP contribution is 2.35. The summed E-state index contributed by atoms with van der Waals surface area (Å²) in [4.78, 5) is 4.29. The molecule has 1 fully saturated rings. The van der Waals surface area contributed by atoms with Crippen molar-refractivity contribution in [2.45, 2.75) is 65.5 Å². The number of aromatic nitrogens is 1. The molecule has 1 N–H and O–H groups in total. The molecule has 1 aromatic heterocycles. The van der Waals surface area contributed by atoms with Crippen LogP contribution in [0.4, 0.5) is 0 Å². The van der Waals surface area contributed by atoms with Crippen LogP contribution in [0, 0.1) is 5.41 Å². The molecule has 1 unspecified atom stereocenters. The Bertz CT molecular complexity index is 357. The van der Waals surface area contributed by atoms with Crippen molar-refractivity contribution in [3.63, 3.8) is 0 Å². The molecule has 1 atom stereocenters. The maximum Gasteiger partial charge on any atom is 0.208 e. The molecule has 0 saturated heterocycles. The average Bonchev–Trinajstić information content (AvgIpc) is 2.75. The molecule has 2 rings (SSSR count). The maximum atomic E-state index is 5.62. The summed E-state index contributed by atoms with van der Waals surface area (Å²) in [6.07, 6.45) is 8.05. The first kappa shape index (κ1) is 12.6. The minimum absolute atomic E-state index is 0.401. The lowest BCUT2D eigenvalue weighted by atomic mass is 9.73. The van der Waals surface area contributed by atoms with E-state index in [2.05, 4.69) is 31.1 Å². The lowest BCUT2D eigenvalue weighted by Crippen LogP contribution is -2.43. The van der Waals surface area contributed by atoms with E-state index in [-0.39, 0.29) is 0 Å².